The lowest BCUT2D eigenvalue weighted by Gasteiger charge is -2.14. The molecule has 20 heavy (non-hydrogen) atoms. The predicted molar refractivity (Wildman–Crippen MR) is 68.6 cm³/mol. The fourth-order valence-electron chi connectivity index (χ4n) is 1.87. The van der Waals surface area contributed by atoms with Crippen molar-refractivity contribution in [2.75, 3.05) is 0 Å². The van der Waals surface area contributed by atoms with Gasteiger partial charge in [0.1, 0.15) is 5.82 Å². The van der Waals surface area contributed by atoms with Crippen LogP contribution in [-0.2, 0) is 6.18 Å². The van der Waals surface area contributed by atoms with Crippen molar-refractivity contribution in [3.63, 3.8) is 0 Å². The highest BCUT2D eigenvalue weighted by molar-refractivity contribution is 5.35. The summed E-state index contributed by atoms with van der Waals surface area (Å²) in [7, 11) is 0. The Morgan fingerprint density at radius 1 is 0.950 bits per heavy atom. The molecule has 0 saturated carbocycles. The van der Waals surface area contributed by atoms with Crippen LogP contribution in [0.15, 0.2) is 42.5 Å². The summed E-state index contributed by atoms with van der Waals surface area (Å²) in [6.45, 7) is 1.63. The van der Waals surface area contributed by atoms with E-state index < -0.39 is 17.8 Å². The molecule has 0 fully saturated rings. The van der Waals surface area contributed by atoms with Crippen molar-refractivity contribution < 1.29 is 17.6 Å². The van der Waals surface area contributed by atoms with Gasteiger partial charge in [-0.1, -0.05) is 24.3 Å². The zero-order chi connectivity index (χ0) is 14.9. The molecular formula is C15H13F4N. The number of hydrogen-bond donors (Lipinski definition) is 1. The van der Waals surface area contributed by atoms with Crippen molar-refractivity contribution in [2.24, 2.45) is 5.73 Å². The molecule has 1 atom stereocenters. The maximum atomic E-state index is 13.5. The van der Waals surface area contributed by atoms with Gasteiger partial charge in [-0.25, -0.2) is 4.39 Å². The molecular weight excluding hydrogens is 270 g/mol. The Hall–Kier alpha value is -1.88. The average Bonchev–Trinajstić information content (AvgIpc) is 2.40. The van der Waals surface area contributed by atoms with E-state index in [1.807, 2.05) is 0 Å². The smallest absolute Gasteiger partial charge is 0.320 e. The normalized spacial score (nSPS) is 13.3. The van der Waals surface area contributed by atoms with Crippen molar-refractivity contribution in [3.8, 4) is 0 Å². The van der Waals surface area contributed by atoms with Crippen LogP contribution >= 0.6 is 0 Å². The largest absolute Gasteiger partial charge is 0.416 e. The van der Waals surface area contributed by atoms with Crippen molar-refractivity contribution in [3.05, 3.63) is 70.5 Å². The van der Waals surface area contributed by atoms with Crippen LogP contribution in [0.3, 0.4) is 0 Å². The standard InChI is InChI=1S/C15H13F4N/c1-9-2-3-11(8-13(9)16)14(20)10-4-6-12(7-5-10)15(17,18)19/h2-8,14H,20H2,1H3. The summed E-state index contributed by atoms with van der Waals surface area (Å²) in [5.74, 6) is -0.384. The molecule has 0 radical (unpaired) electrons. The first-order valence-electron chi connectivity index (χ1n) is 5.98. The quantitative estimate of drug-likeness (QED) is 0.821. The van der Waals surface area contributed by atoms with E-state index in [4.69, 9.17) is 5.73 Å². The van der Waals surface area contributed by atoms with Crippen LogP contribution in [0.1, 0.15) is 28.3 Å². The summed E-state index contributed by atoms with van der Waals surface area (Å²) < 4.78 is 50.9. The highest BCUT2D eigenvalue weighted by Gasteiger charge is 2.30. The number of benzene rings is 2. The van der Waals surface area contributed by atoms with Crippen LogP contribution in [-0.4, -0.2) is 0 Å². The van der Waals surface area contributed by atoms with Gasteiger partial charge in [-0.05, 0) is 41.8 Å². The Morgan fingerprint density at radius 3 is 2.00 bits per heavy atom. The third kappa shape index (κ3) is 2.99. The van der Waals surface area contributed by atoms with E-state index in [0.717, 1.165) is 12.1 Å². The van der Waals surface area contributed by atoms with E-state index in [-0.39, 0.29) is 5.82 Å². The van der Waals surface area contributed by atoms with E-state index in [1.54, 1.807) is 19.1 Å². The van der Waals surface area contributed by atoms with E-state index >= 15 is 0 Å². The molecule has 1 nitrogen and oxygen atoms in total. The summed E-state index contributed by atoms with van der Waals surface area (Å²) in [4.78, 5) is 0. The Bertz CT molecular complexity index is 602. The first kappa shape index (κ1) is 14.5. The summed E-state index contributed by atoms with van der Waals surface area (Å²) in [6, 6.07) is 8.47. The summed E-state index contributed by atoms with van der Waals surface area (Å²) in [5, 5.41) is 0. The molecule has 0 aliphatic heterocycles. The van der Waals surface area contributed by atoms with E-state index in [1.165, 1.54) is 18.2 Å². The van der Waals surface area contributed by atoms with Crippen LogP contribution in [0, 0.1) is 12.7 Å². The molecule has 0 bridgehead atoms. The Morgan fingerprint density at radius 2 is 1.50 bits per heavy atom. The number of halogens is 4. The summed E-state index contributed by atoms with van der Waals surface area (Å²) >= 11 is 0. The van der Waals surface area contributed by atoms with Crippen LogP contribution < -0.4 is 5.73 Å². The summed E-state index contributed by atoms with van der Waals surface area (Å²) in [6.07, 6.45) is -4.38. The van der Waals surface area contributed by atoms with Gasteiger partial charge in [0.25, 0.3) is 0 Å². The number of alkyl halides is 3. The van der Waals surface area contributed by atoms with Gasteiger partial charge in [0.2, 0.25) is 0 Å². The molecule has 2 aromatic rings. The van der Waals surface area contributed by atoms with Crippen LogP contribution in [0.2, 0.25) is 0 Å². The SMILES string of the molecule is Cc1ccc(C(N)c2ccc(C(F)(F)F)cc2)cc1F. The highest BCUT2D eigenvalue weighted by atomic mass is 19.4. The predicted octanol–water partition coefficient (Wildman–Crippen LogP) is 4.20. The minimum atomic E-state index is -4.38. The topological polar surface area (TPSA) is 26.0 Å². The van der Waals surface area contributed by atoms with Gasteiger partial charge in [-0.15, -0.1) is 0 Å². The molecule has 0 aliphatic carbocycles. The second-order valence-electron chi connectivity index (χ2n) is 4.61. The Labute approximate surface area is 114 Å². The minimum absolute atomic E-state index is 0.384. The van der Waals surface area contributed by atoms with E-state index in [9.17, 15) is 17.6 Å². The fourth-order valence-corrected chi connectivity index (χ4v) is 1.87. The summed E-state index contributed by atoms with van der Waals surface area (Å²) in [5.41, 5.74) is 6.73. The maximum absolute atomic E-state index is 13.5. The van der Waals surface area contributed by atoms with Gasteiger partial charge in [-0.3, -0.25) is 0 Å². The van der Waals surface area contributed by atoms with Crippen molar-refractivity contribution in [1.29, 1.82) is 0 Å². The van der Waals surface area contributed by atoms with Crippen molar-refractivity contribution in [1.82, 2.24) is 0 Å². The monoisotopic (exact) mass is 283 g/mol. The molecule has 5 heteroatoms. The first-order valence-corrected chi connectivity index (χ1v) is 5.98. The lowest BCUT2D eigenvalue weighted by Crippen LogP contribution is -2.13. The second kappa shape index (κ2) is 5.25. The van der Waals surface area contributed by atoms with Crippen LogP contribution in [0.4, 0.5) is 17.6 Å². The fraction of sp³-hybridized carbons (Fsp3) is 0.200. The third-order valence-electron chi connectivity index (χ3n) is 3.15. The Kier molecular flexibility index (Phi) is 3.81. The number of rotatable bonds is 2. The van der Waals surface area contributed by atoms with Gasteiger partial charge in [0.05, 0.1) is 11.6 Å². The molecule has 2 rings (SSSR count). The minimum Gasteiger partial charge on any atom is -0.320 e. The lowest BCUT2D eigenvalue weighted by atomic mass is 9.97. The van der Waals surface area contributed by atoms with Crippen LogP contribution in [0.25, 0.3) is 0 Å². The van der Waals surface area contributed by atoms with Gasteiger partial charge < -0.3 is 5.73 Å². The third-order valence-corrected chi connectivity index (χ3v) is 3.15. The zero-order valence-electron chi connectivity index (χ0n) is 10.7. The number of aryl methyl sites for hydroxylation is 1. The molecule has 0 heterocycles. The maximum Gasteiger partial charge on any atom is 0.416 e. The van der Waals surface area contributed by atoms with Crippen molar-refractivity contribution in [2.45, 2.75) is 19.1 Å². The van der Waals surface area contributed by atoms with Gasteiger partial charge in [0.15, 0.2) is 0 Å². The van der Waals surface area contributed by atoms with Crippen molar-refractivity contribution >= 4 is 0 Å². The van der Waals surface area contributed by atoms with Gasteiger partial charge in [0, 0.05) is 0 Å². The molecule has 106 valence electrons. The number of hydrogen-bond acceptors (Lipinski definition) is 1. The second-order valence-corrected chi connectivity index (χ2v) is 4.61. The van der Waals surface area contributed by atoms with E-state index in [2.05, 4.69) is 0 Å². The van der Waals surface area contributed by atoms with Crippen LogP contribution in [0.5, 0.6) is 0 Å². The molecule has 0 spiro atoms. The Balaban J connectivity index is 2.29. The molecule has 2 aromatic carbocycles. The molecule has 2 N–H and O–H groups in total. The van der Waals surface area contributed by atoms with Gasteiger partial charge >= 0.3 is 6.18 Å². The zero-order valence-corrected chi connectivity index (χ0v) is 10.7. The molecule has 0 aliphatic rings. The molecule has 0 amide bonds. The highest BCUT2D eigenvalue weighted by Crippen LogP contribution is 2.30. The molecule has 0 aromatic heterocycles. The van der Waals surface area contributed by atoms with Gasteiger partial charge in [-0.2, -0.15) is 13.2 Å². The average molecular weight is 283 g/mol. The van der Waals surface area contributed by atoms with E-state index in [0.29, 0.717) is 16.7 Å². The lowest BCUT2D eigenvalue weighted by molar-refractivity contribution is -0.137. The molecule has 1 unspecified atom stereocenters. The molecule has 0 saturated heterocycles. The first-order chi connectivity index (χ1) is 9.29. The number of nitrogens with two attached hydrogens (primary N) is 1.